The quantitative estimate of drug-likeness (QED) is 0.812. The molecule has 2 amide bonds. The second kappa shape index (κ2) is 7.50. The Hall–Kier alpha value is -2.09. The van der Waals surface area contributed by atoms with Gasteiger partial charge in [-0.25, -0.2) is 0 Å². The molecule has 0 saturated carbocycles. The van der Waals surface area contributed by atoms with E-state index in [2.05, 4.69) is 5.32 Å². The monoisotopic (exact) mass is 386 g/mol. The van der Waals surface area contributed by atoms with Crippen molar-refractivity contribution >= 4 is 12.0 Å². The highest BCUT2D eigenvalue weighted by atomic mass is 19.4. The van der Waals surface area contributed by atoms with Crippen molar-refractivity contribution in [3.63, 3.8) is 0 Å². The summed E-state index contributed by atoms with van der Waals surface area (Å²) in [6.45, 7) is 5.74. The lowest BCUT2D eigenvalue weighted by Gasteiger charge is -2.51. The number of halogens is 3. The van der Waals surface area contributed by atoms with Crippen LogP contribution in [0.4, 0.5) is 18.0 Å². The highest BCUT2D eigenvalue weighted by molar-refractivity contribution is 5.78. The molecule has 8 heteroatoms. The molecule has 150 valence electrons. The molecule has 27 heavy (non-hydrogen) atoms. The van der Waals surface area contributed by atoms with E-state index in [1.807, 2.05) is 20.8 Å². The van der Waals surface area contributed by atoms with Crippen molar-refractivity contribution in [1.82, 2.24) is 5.32 Å². The van der Waals surface area contributed by atoms with E-state index < -0.39 is 29.3 Å². The fourth-order valence-corrected chi connectivity index (χ4v) is 3.68. The topological polar surface area (TPSA) is 69.2 Å². The number of hydrogen-bond acceptors (Lipinski definition) is 3. The molecule has 0 atom stereocenters. The van der Waals surface area contributed by atoms with Gasteiger partial charge in [0.05, 0.1) is 24.2 Å². The van der Waals surface area contributed by atoms with Gasteiger partial charge in [0.2, 0.25) is 5.91 Å². The first-order valence-corrected chi connectivity index (χ1v) is 8.90. The zero-order valence-corrected chi connectivity index (χ0v) is 15.7. The largest absolute Gasteiger partial charge is 0.498 e. The van der Waals surface area contributed by atoms with Crippen molar-refractivity contribution in [3.05, 3.63) is 35.4 Å². The first-order valence-electron chi connectivity index (χ1n) is 8.90. The van der Waals surface area contributed by atoms with E-state index in [0.717, 1.165) is 6.07 Å². The maximum Gasteiger partial charge on any atom is 0.416 e. The fraction of sp³-hybridized carbons (Fsp3) is 0.579. The molecule has 1 heterocycles. The third kappa shape index (κ3) is 4.43. The van der Waals surface area contributed by atoms with Crippen molar-refractivity contribution in [3.8, 4) is 0 Å². The number of hydrogen-bond donors (Lipinski definition) is 1. The SMILES string of the molecule is CC(C)(C)[N+]1(C(=O)[O-])CCC(C(=O)NCc2ccccc2C(F)(F)F)CC1. The van der Waals surface area contributed by atoms with Crippen LogP contribution in [0.5, 0.6) is 0 Å². The van der Waals surface area contributed by atoms with Crippen molar-refractivity contribution in [1.29, 1.82) is 0 Å². The first-order chi connectivity index (χ1) is 12.4. The number of nitrogens with zero attached hydrogens (tertiary/aromatic N) is 1. The maximum absolute atomic E-state index is 13.0. The molecule has 1 aliphatic rings. The lowest BCUT2D eigenvalue weighted by atomic mass is 9.89. The zero-order valence-electron chi connectivity index (χ0n) is 15.7. The predicted octanol–water partition coefficient (Wildman–Crippen LogP) is 2.69. The van der Waals surface area contributed by atoms with Gasteiger partial charge in [-0.3, -0.25) is 9.28 Å². The van der Waals surface area contributed by atoms with Crippen LogP contribution in [-0.4, -0.2) is 35.1 Å². The first kappa shape index (κ1) is 21.2. The van der Waals surface area contributed by atoms with Crippen LogP contribution in [0.1, 0.15) is 44.7 Å². The van der Waals surface area contributed by atoms with Crippen LogP contribution in [0.3, 0.4) is 0 Å². The average molecular weight is 386 g/mol. The Morgan fingerprint density at radius 2 is 1.70 bits per heavy atom. The van der Waals surface area contributed by atoms with Gasteiger partial charge in [0, 0.05) is 25.3 Å². The van der Waals surface area contributed by atoms with Crippen molar-refractivity contribution in [2.75, 3.05) is 13.1 Å². The van der Waals surface area contributed by atoms with E-state index in [4.69, 9.17) is 0 Å². The number of likely N-dealkylation sites (tertiary alicyclic amines) is 1. The predicted molar refractivity (Wildman–Crippen MR) is 91.2 cm³/mol. The molecule has 5 nitrogen and oxygen atoms in total. The highest BCUT2D eigenvalue weighted by Crippen LogP contribution is 2.33. The standard InChI is InChI=1S/C19H25F3N2O3/c1-18(2,3)24(17(26)27)10-8-13(9-11-24)16(25)23-12-14-6-4-5-7-15(14)19(20,21)22/h4-7,13H,8-12H2,1-3H3,(H-,23,25,26,27). The van der Waals surface area contributed by atoms with E-state index in [-0.39, 0.29) is 35.6 Å². The minimum atomic E-state index is -4.48. The molecule has 1 fully saturated rings. The number of quaternary nitrogens is 1. The Morgan fingerprint density at radius 3 is 2.19 bits per heavy atom. The fourth-order valence-electron chi connectivity index (χ4n) is 3.68. The lowest BCUT2D eigenvalue weighted by Crippen LogP contribution is -2.70. The number of rotatable bonds is 3. The van der Waals surface area contributed by atoms with Crippen LogP contribution in [0, 0.1) is 5.92 Å². The molecule has 1 saturated heterocycles. The Labute approximate surface area is 156 Å². The second-order valence-electron chi connectivity index (χ2n) is 8.00. The number of amides is 2. The Bertz CT molecular complexity index is 703. The third-order valence-corrected chi connectivity index (χ3v) is 5.50. The van der Waals surface area contributed by atoms with E-state index in [1.54, 1.807) is 0 Å². The minimum Gasteiger partial charge on any atom is -0.498 e. The van der Waals surface area contributed by atoms with Crippen molar-refractivity contribution in [2.24, 2.45) is 5.92 Å². The number of carboxylic acid groups (broad SMARTS) is 1. The molecular weight excluding hydrogens is 361 g/mol. The van der Waals surface area contributed by atoms with Crippen LogP contribution in [-0.2, 0) is 17.5 Å². The van der Waals surface area contributed by atoms with Gasteiger partial charge < -0.3 is 15.2 Å². The molecular formula is C19H25F3N2O3. The maximum atomic E-state index is 13.0. The van der Waals surface area contributed by atoms with Gasteiger partial charge in [0.25, 0.3) is 6.09 Å². The van der Waals surface area contributed by atoms with Gasteiger partial charge in [-0.1, -0.05) is 18.2 Å². The summed E-state index contributed by atoms with van der Waals surface area (Å²) in [5.74, 6) is -0.770. The summed E-state index contributed by atoms with van der Waals surface area (Å²) in [7, 11) is 0. The summed E-state index contributed by atoms with van der Waals surface area (Å²) >= 11 is 0. The molecule has 0 unspecified atom stereocenters. The molecule has 2 rings (SSSR count). The number of alkyl halides is 3. The minimum absolute atomic E-state index is 0.00344. The Morgan fingerprint density at radius 1 is 1.15 bits per heavy atom. The van der Waals surface area contributed by atoms with E-state index in [1.165, 1.54) is 18.2 Å². The molecule has 0 spiro atoms. The lowest BCUT2D eigenvalue weighted by molar-refractivity contribution is -0.924. The Kier molecular flexibility index (Phi) is 5.89. The summed E-state index contributed by atoms with van der Waals surface area (Å²) in [4.78, 5) is 24.1. The molecule has 0 aliphatic carbocycles. The van der Waals surface area contributed by atoms with Gasteiger partial charge in [0.1, 0.15) is 0 Å². The summed E-state index contributed by atoms with van der Waals surface area (Å²) in [6, 6.07) is 5.12. The molecule has 1 N–H and O–H groups in total. The molecule has 0 radical (unpaired) electrons. The van der Waals surface area contributed by atoms with Gasteiger partial charge in [-0.05, 0) is 32.4 Å². The van der Waals surface area contributed by atoms with Gasteiger partial charge >= 0.3 is 6.18 Å². The summed E-state index contributed by atoms with van der Waals surface area (Å²) in [6.07, 6.45) is -4.96. The summed E-state index contributed by atoms with van der Waals surface area (Å²) in [5.41, 5.74) is -1.33. The van der Waals surface area contributed by atoms with Gasteiger partial charge in [0.15, 0.2) is 0 Å². The number of benzene rings is 1. The Balaban J connectivity index is 2.01. The smallest absolute Gasteiger partial charge is 0.416 e. The summed E-state index contributed by atoms with van der Waals surface area (Å²) < 4.78 is 38.8. The number of nitrogens with one attached hydrogen (secondary N) is 1. The van der Waals surface area contributed by atoms with Gasteiger partial charge in [-0.2, -0.15) is 13.2 Å². The van der Waals surface area contributed by atoms with Crippen molar-refractivity contribution < 1.29 is 32.3 Å². The normalized spacial score (nSPS) is 23.7. The second-order valence-corrected chi connectivity index (χ2v) is 8.00. The number of carbonyl (C=O) groups excluding carboxylic acids is 2. The molecule has 1 aliphatic heterocycles. The molecule has 1 aromatic carbocycles. The zero-order chi connectivity index (χ0) is 20.5. The van der Waals surface area contributed by atoms with E-state index >= 15 is 0 Å². The van der Waals surface area contributed by atoms with Crippen molar-refractivity contribution in [2.45, 2.75) is 51.9 Å². The third-order valence-electron chi connectivity index (χ3n) is 5.50. The summed E-state index contributed by atoms with van der Waals surface area (Å²) in [5, 5.41) is 14.3. The number of carbonyl (C=O) groups is 2. The van der Waals surface area contributed by atoms with Crippen LogP contribution >= 0.6 is 0 Å². The van der Waals surface area contributed by atoms with Crippen LogP contribution in [0.15, 0.2) is 24.3 Å². The highest BCUT2D eigenvalue weighted by Gasteiger charge is 2.46. The van der Waals surface area contributed by atoms with Gasteiger partial charge in [-0.15, -0.1) is 0 Å². The molecule has 1 aromatic rings. The average Bonchev–Trinajstić information content (AvgIpc) is 2.58. The number of piperidine rings is 1. The molecule has 0 aromatic heterocycles. The van der Waals surface area contributed by atoms with Crippen LogP contribution < -0.4 is 10.4 Å². The van der Waals surface area contributed by atoms with Crippen LogP contribution in [0.25, 0.3) is 0 Å². The molecule has 0 bridgehead atoms. The van der Waals surface area contributed by atoms with Crippen LogP contribution in [0.2, 0.25) is 0 Å². The van der Waals surface area contributed by atoms with E-state index in [9.17, 15) is 27.9 Å². The van der Waals surface area contributed by atoms with E-state index in [0.29, 0.717) is 12.8 Å².